The third-order valence-corrected chi connectivity index (χ3v) is 6.16. The third-order valence-electron chi connectivity index (χ3n) is 4.26. The second-order valence-electron chi connectivity index (χ2n) is 6.18. The van der Waals surface area contributed by atoms with Crippen LogP contribution in [0.5, 0.6) is 0 Å². The predicted octanol–water partition coefficient (Wildman–Crippen LogP) is 1.07. The molecular formula is C16H21N3O7S. The molecule has 1 aliphatic heterocycles. The summed E-state index contributed by atoms with van der Waals surface area (Å²) < 4.78 is 26.9. The van der Waals surface area contributed by atoms with Crippen molar-refractivity contribution in [2.75, 3.05) is 19.6 Å². The van der Waals surface area contributed by atoms with E-state index in [9.17, 15) is 28.1 Å². The van der Waals surface area contributed by atoms with Gasteiger partial charge in [-0.2, -0.15) is 4.31 Å². The molecule has 11 heteroatoms. The smallest absolute Gasteiger partial charge is 0.323 e. The number of non-ortho nitro benzene ring substituents is 1. The first-order chi connectivity index (χ1) is 12.7. The average Bonchev–Trinajstić information content (AvgIpc) is 3.11. The molecule has 1 amide bonds. The van der Waals surface area contributed by atoms with Crippen molar-refractivity contribution in [2.24, 2.45) is 0 Å². The molecule has 27 heavy (non-hydrogen) atoms. The van der Waals surface area contributed by atoms with Crippen molar-refractivity contribution in [3.8, 4) is 0 Å². The van der Waals surface area contributed by atoms with Crippen molar-refractivity contribution in [3.63, 3.8) is 0 Å². The van der Waals surface area contributed by atoms with Gasteiger partial charge in [-0.3, -0.25) is 19.7 Å². The minimum atomic E-state index is -4.13. The summed E-state index contributed by atoms with van der Waals surface area (Å²) in [7, 11) is -4.13. The van der Waals surface area contributed by atoms with Gasteiger partial charge >= 0.3 is 5.97 Å². The minimum Gasteiger partial charge on any atom is -0.480 e. The standard InChI is InChI=1S/C16H21N3O7S/c1-2-8-17(11-15(20)21)16(22)14-7-4-9-18(14)27(25,26)13-6-3-5-12(10-13)19(23)24/h3,5-6,10,14H,2,4,7-9,11H2,1H3,(H,20,21). The van der Waals surface area contributed by atoms with Gasteiger partial charge in [0.2, 0.25) is 15.9 Å². The first-order valence-electron chi connectivity index (χ1n) is 8.45. The fraction of sp³-hybridized carbons (Fsp3) is 0.500. The number of nitro benzene ring substituents is 1. The molecule has 1 atom stereocenters. The van der Waals surface area contributed by atoms with Gasteiger partial charge < -0.3 is 10.0 Å². The van der Waals surface area contributed by atoms with Gasteiger partial charge in [0.15, 0.2) is 0 Å². The highest BCUT2D eigenvalue weighted by atomic mass is 32.2. The van der Waals surface area contributed by atoms with Gasteiger partial charge in [0.05, 0.1) is 9.82 Å². The first-order valence-corrected chi connectivity index (χ1v) is 9.89. The number of amides is 1. The summed E-state index contributed by atoms with van der Waals surface area (Å²) in [6.07, 6.45) is 1.24. The molecule has 0 spiro atoms. The molecule has 1 heterocycles. The molecule has 2 rings (SSSR count). The number of carboxylic acids is 1. The zero-order chi connectivity index (χ0) is 20.2. The number of hydrogen-bond acceptors (Lipinski definition) is 6. The Morgan fingerprint density at radius 3 is 2.70 bits per heavy atom. The Balaban J connectivity index is 2.33. The quantitative estimate of drug-likeness (QED) is 0.509. The van der Waals surface area contributed by atoms with Gasteiger partial charge in [-0.1, -0.05) is 13.0 Å². The van der Waals surface area contributed by atoms with Crippen LogP contribution < -0.4 is 0 Å². The van der Waals surface area contributed by atoms with Crippen LogP contribution in [-0.4, -0.2) is 65.2 Å². The van der Waals surface area contributed by atoms with Gasteiger partial charge in [0.25, 0.3) is 5.69 Å². The summed E-state index contributed by atoms with van der Waals surface area (Å²) in [6.45, 7) is 1.57. The van der Waals surface area contributed by atoms with E-state index in [1.165, 1.54) is 18.2 Å². The average molecular weight is 399 g/mol. The van der Waals surface area contributed by atoms with Gasteiger partial charge in [-0.15, -0.1) is 0 Å². The summed E-state index contributed by atoms with van der Waals surface area (Å²) in [5.74, 6) is -1.74. The van der Waals surface area contributed by atoms with Crippen molar-refractivity contribution in [1.82, 2.24) is 9.21 Å². The number of carbonyl (C=O) groups excluding carboxylic acids is 1. The summed E-state index contributed by atoms with van der Waals surface area (Å²) >= 11 is 0. The number of benzene rings is 1. The van der Waals surface area contributed by atoms with Crippen LogP contribution in [0, 0.1) is 10.1 Å². The number of sulfonamides is 1. The fourth-order valence-corrected chi connectivity index (χ4v) is 4.77. The van der Waals surface area contributed by atoms with Crippen LogP contribution in [0.2, 0.25) is 0 Å². The van der Waals surface area contributed by atoms with Gasteiger partial charge in [0, 0.05) is 25.2 Å². The molecule has 10 nitrogen and oxygen atoms in total. The fourth-order valence-electron chi connectivity index (χ4n) is 3.08. The lowest BCUT2D eigenvalue weighted by Gasteiger charge is -2.28. The minimum absolute atomic E-state index is 0.0917. The van der Waals surface area contributed by atoms with Gasteiger partial charge in [0.1, 0.15) is 12.6 Å². The molecule has 0 aliphatic carbocycles. The Labute approximate surface area is 156 Å². The molecule has 1 aromatic carbocycles. The zero-order valence-electron chi connectivity index (χ0n) is 14.8. The van der Waals surface area contributed by atoms with E-state index in [1.54, 1.807) is 6.92 Å². The van der Waals surface area contributed by atoms with E-state index in [0.717, 1.165) is 15.3 Å². The summed E-state index contributed by atoms with van der Waals surface area (Å²) in [5, 5.41) is 19.9. The molecule has 0 bridgehead atoms. The predicted molar refractivity (Wildman–Crippen MR) is 94.5 cm³/mol. The second-order valence-corrected chi connectivity index (χ2v) is 8.07. The third kappa shape index (κ3) is 4.61. The highest BCUT2D eigenvalue weighted by Crippen LogP contribution is 2.29. The molecule has 1 unspecified atom stereocenters. The highest BCUT2D eigenvalue weighted by molar-refractivity contribution is 7.89. The number of hydrogen-bond donors (Lipinski definition) is 1. The van der Waals surface area contributed by atoms with E-state index in [-0.39, 0.29) is 30.1 Å². The number of carboxylic acid groups (broad SMARTS) is 1. The van der Waals surface area contributed by atoms with E-state index in [2.05, 4.69) is 0 Å². The summed E-state index contributed by atoms with van der Waals surface area (Å²) in [5.41, 5.74) is -0.364. The van der Waals surface area contributed by atoms with E-state index >= 15 is 0 Å². The van der Waals surface area contributed by atoms with Crippen LogP contribution >= 0.6 is 0 Å². The molecule has 1 aliphatic rings. The molecular weight excluding hydrogens is 378 g/mol. The van der Waals surface area contributed by atoms with Crippen LogP contribution in [-0.2, 0) is 19.6 Å². The molecule has 0 aromatic heterocycles. The molecule has 148 valence electrons. The number of carbonyl (C=O) groups is 2. The molecule has 1 aromatic rings. The van der Waals surface area contributed by atoms with Gasteiger partial charge in [-0.25, -0.2) is 8.42 Å². The maximum absolute atomic E-state index is 12.9. The monoisotopic (exact) mass is 399 g/mol. The van der Waals surface area contributed by atoms with Crippen LogP contribution in [0.1, 0.15) is 26.2 Å². The Kier molecular flexibility index (Phi) is 6.50. The normalized spacial score (nSPS) is 17.6. The second kappa shape index (κ2) is 8.44. The Morgan fingerprint density at radius 2 is 2.11 bits per heavy atom. The molecule has 0 saturated carbocycles. The van der Waals surface area contributed by atoms with Crippen molar-refractivity contribution in [2.45, 2.75) is 37.1 Å². The number of nitro groups is 1. The van der Waals surface area contributed by atoms with Crippen LogP contribution in [0.15, 0.2) is 29.2 Å². The van der Waals surface area contributed by atoms with E-state index in [1.807, 2.05) is 0 Å². The molecule has 1 fully saturated rings. The number of nitrogens with zero attached hydrogens (tertiary/aromatic N) is 3. The maximum atomic E-state index is 12.9. The topological polar surface area (TPSA) is 138 Å². The van der Waals surface area contributed by atoms with Crippen LogP contribution in [0.3, 0.4) is 0 Å². The SMILES string of the molecule is CCCN(CC(=O)O)C(=O)C1CCCN1S(=O)(=O)c1cccc([N+](=O)[O-])c1. The summed E-state index contributed by atoms with van der Waals surface area (Å²) in [6, 6.07) is 3.63. The van der Waals surface area contributed by atoms with Crippen molar-refractivity contribution < 1.29 is 28.0 Å². The van der Waals surface area contributed by atoms with E-state index in [4.69, 9.17) is 5.11 Å². The van der Waals surface area contributed by atoms with Crippen LogP contribution in [0.25, 0.3) is 0 Å². The number of aliphatic carboxylic acids is 1. The van der Waals surface area contributed by atoms with Crippen molar-refractivity contribution in [3.05, 3.63) is 34.4 Å². The number of rotatable bonds is 8. The lowest BCUT2D eigenvalue weighted by Crippen LogP contribution is -2.49. The Bertz CT molecular complexity index is 840. The Morgan fingerprint density at radius 1 is 1.41 bits per heavy atom. The highest BCUT2D eigenvalue weighted by Gasteiger charge is 2.41. The van der Waals surface area contributed by atoms with E-state index < -0.39 is 39.4 Å². The largest absolute Gasteiger partial charge is 0.480 e. The van der Waals surface area contributed by atoms with Crippen LogP contribution in [0.4, 0.5) is 5.69 Å². The molecule has 1 saturated heterocycles. The zero-order valence-corrected chi connectivity index (χ0v) is 15.6. The van der Waals surface area contributed by atoms with Gasteiger partial charge in [-0.05, 0) is 25.3 Å². The summed E-state index contributed by atoms with van der Waals surface area (Å²) in [4.78, 5) is 34.9. The Hall–Kier alpha value is -2.53. The molecule has 1 N–H and O–H groups in total. The molecule has 0 radical (unpaired) electrons. The van der Waals surface area contributed by atoms with Crippen molar-refractivity contribution in [1.29, 1.82) is 0 Å². The lowest BCUT2D eigenvalue weighted by molar-refractivity contribution is -0.385. The van der Waals surface area contributed by atoms with Crippen molar-refractivity contribution >= 4 is 27.6 Å². The van der Waals surface area contributed by atoms with E-state index in [0.29, 0.717) is 12.8 Å². The lowest BCUT2D eigenvalue weighted by atomic mass is 10.2. The first kappa shape index (κ1) is 20.8. The maximum Gasteiger partial charge on any atom is 0.323 e.